The fraction of sp³-hybridized carbons (Fsp3) is 0.241. The highest BCUT2D eigenvalue weighted by molar-refractivity contribution is 7.89. The van der Waals surface area contributed by atoms with E-state index in [1.165, 1.54) is 31.8 Å². The van der Waals surface area contributed by atoms with Crippen LogP contribution in [-0.4, -0.2) is 43.4 Å². The molecule has 0 N–H and O–H groups in total. The largest absolute Gasteiger partial charge is 0.274 e. The molecule has 5 rings (SSSR count). The SMILES string of the molecule is CN(C)S(=O)(=O)c1ccc(C(=O)N2N=C3/C(=C\c4ccccc4)CCC[C@H]3[C@@H]2c2ccccc2)cc1. The summed E-state index contributed by atoms with van der Waals surface area (Å²) in [5.74, 6) is -0.132. The third-order valence-electron chi connectivity index (χ3n) is 6.87. The van der Waals surface area contributed by atoms with Gasteiger partial charge in [-0.3, -0.25) is 4.79 Å². The third kappa shape index (κ3) is 4.52. The van der Waals surface area contributed by atoms with Gasteiger partial charge in [-0.15, -0.1) is 0 Å². The normalized spacial score (nSPS) is 20.9. The second kappa shape index (κ2) is 9.84. The van der Waals surface area contributed by atoms with E-state index in [-0.39, 0.29) is 22.8 Å². The first-order valence-corrected chi connectivity index (χ1v) is 13.6. The molecule has 36 heavy (non-hydrogen) atoms. The average Bonchev–Trinajstić information content (AvgIpc) is 3.30. The van der Waals surface area contributed by atoms with Crippen LogP contribution in [0, 0.1) is 5.92 Å². The number of carbonyl (C=O) groups excluding carboxylic acids is 1. The van der Waals surface area contributed by atoms with E-state index in [0.717, 1.165) is 40.4 Å². The monoisotopic (exact) mass is 499 g/mol. The zero-order valence-corrected chi connectivity index (χ0v) is 21.2. The van der Waals surface area contributed by atoms with Crippen LogP contribution in [0.15, 0.2) is 100 Å². The summed E-state index contributed by atoms with van der Waals surface area (Å²) in [5, 5.41) is 6.53. The lowest BCUT2D eigenvalue weighted by Gasteiger charge is -2.29. The van der Waals surface area contributed by atoms with Gasteiger partial charge in [-0.05, 0) is 66.3 Å². The van der Waals surface area contributed by atoms with Crippen molar-refractivity contribution in [1.82, 2.24) is 9.31 Å². The van der Waals surface area contributed by atoms with E-state index >= 15 is 0 Å². The molecular formula is C29H29N3O3S. The lowest BCUT2D eigenvalue weighted by molar-refractivity contribution is 0.0680. The highest BCUT2D eigenvalue weighted by Crippen LogP contribution is 2.44. The van der Waals surface area contributed by atoms with Crippen LogP contribution in [0.3, 0.4) is 0 Å². The highest BCUT2D eigenvalue weighted by atomic mass is 32.2. The molecule has 1 aliphatic carbocycles. The molecular weight excluding hydrogens is 470 g/mol. The Kier molecular flexibility index (Phi) is 6.60. The number of fused-ring (bicyclic) bond motifs is 1. The highest BCUT2D eigenvalue weighted by Gasteiger charge is 2.43. The van der Waals surface area contributed by atoms with Crippen molar-refractivity contribution in [3.8, 4) is 0 Å². The predicted octanol–water partition coefficient (Wildman–Crippen LogP) is 5.37. The van der Waals surface area contributed by atoms with Gasteiger partial charge in [0, 0.05) is 25.6 Å². The molecule has 0 saturated heterocycles. The fourth-order valence-corrected chi connectivity index (χ4v) is 5.92. The smallest absolute Gasteiger partial charge is 0.267 e. The molecule has 0 radical (unpaired) electrons. The molecule has 0 bridgehead atoms. The van der Waals surface area contributed by atoms with Crippen LogP contribution < -0.4 is 0 Å². The second-order valence-electron chi connectivity index (χ2n) is 9.38. The Labute approximate surface area is 212 Å². The molecule has 3 aromatic rings. The topological polar surface area (TPSA) is 70.1 Å². The number of rotatable bonds is 5. The molecule has 0 spiro atoms. The molecule has 2 aliphatic rings. The minimum Gasteiger partial charge on any atom is -0.267 e. The van der Waals surface area contributed by atoms with Gasteiger partial charge in [0.1, 0.15) is 0 Å². The summed E-state index contributed by atoms with van der Waals surface area (Å²) in [7, 11) is -0.598. The predicted molar refractivity (Wildman–Crippen MR) is 142 cm³/mol. The number of hydrogen-bond acceptors (Lipinski definition) is 4. The number of sulfonamides is 1. The number of hydrazone groups is 1. The van der Waals surface area contributed by atoms with Crippen LogP contribution in [0.1, 0.15) is 46.8 Å². The molecule has 1 fully saturated rings. The minimum atomic E-state index is -3.57. The molecule has 184 valence electrons. The Morgan fingerprint density at radius 3 is 2.22 bits per heavy atom. The Morgan fingerprint density at radius 2 is 1.58 bits per heavy atom. The quantitative estimate of drug-likeness (QED) is 0.474. The van der Waals surface area contributed by atoms with E-state index in [0.29, 0.717) is 5.56 Å². The number of nitrogens with zero attached hydrogens (tertiary/aromatic N) is 3. The lowest BCUT2D eigenvalue weighted by Crippen LogP contribution is -2.32. The molecule has 2 atom stereocenters. The van der Waals surface area contributed by atoms with E-state index in [1.807, 2.05) is 48.5 Å². The van der Waals surface area contributed by atoms with Crippen molar-refractivity contribution in [2.24, 2.45) is 11.0 Å². The van der Waals surface area contributed by atoms with Crippen molar-refractivity contribution in [1.29, 1.82) is 0 Å². The molecule has 6 nitrogen and oxygen atoms in total. The van der Waals surface area contributed by atoms with Crippen molar-refractivity contribution in [3.63, 3.8) is 0 Å². The summed E-state index contributed by atoms with van der Waals surface area (Å²) < 4.78 is 26.1. The van der Waals surface area contributed by atoms with E-state index in [4.69, 9.17) is 5.10 Å². The summed E-state index contributed by atoms with van der Waals surface area (Å²) >= 11 is 0. The Balaban J connectivity index is 1.54. The summed E-state index contributed by atoms with van der Waals surface area (Å²) in [6.45, 7) is 0. The van der Waals surface area contributed by atoms with Gasteiger partial charge in [0.15, 0.2) is 0 Å². The Hall–Kier alpha value is -3.55. The summed E-state index contributed by atoms with van der Waals surface area (Å²) in [6, 6.07) is 26.1. The summed E-state index contributed by atoms with van der Waals surface area (Å²) in [6.07, 6.45) is 5.09. The van der Waals surface area contributed by atoms with E-state index in [2.05, 4.69) is 18.2 Å². The first kappa shape index (κ1) is 24.2. The van der Waals surface area contributed by atoms with Gasteiger partial charge >= 0.3 is 0 Å². The summed E-state index contributed by atoms with van der Waals surface area (Å²) in [4.78, 5) is 13.9. The fourth-order valence-electron chi connectivity index (χ4n) is 5.01. The van der Waals surface area contributed by atoms with Gasteiger partial charge in [0.25, 0.3) is 5.91 Å². The maximum atomic E-state index is 13.8. The third-order valence-corrected chi connectivity index (χ3v) is 8.70. The van der Waals surface area contributed by atoms with Gasteiger partial charge in [-0.25, -0.2) is 17.7 Å². The lowest BCUT2D eigenvalue weighted by atomic mass is 9.77. The number of hydrogen-bond donors (Lipinski definition) is 0. The van der Waals surface area contributed by atoms with Gasteiger partial charge < -0.3 is 0 Å². The van der Waals surface area contributed by atoms with Crippen LogP contribution >= 0.6 is 0 Å². The molecule has 1 amide bonds. The number of amides is 1. The second-order valence-corrected chi connectivity index (χ2v) is 11.5. The van der Waals surface area contributed by atoms with Gasteiger partial charge in [0.2, 0.25) is 10.0 Å². The van der Waals surface area contributed by atoms with Gasteiger partial charge in [-0.2, -0.15) is 5.10 Å². The molecule has 1 heterocycles. The zero-order chi connectivity index (χ0) is 25.3. The maximum Gasteiger partial charge on any atom is 0.274 e. The first-order valence-electron chi connectivity index (χ1n) is 12.1. The Morgan fingerprint density at radius 1 is 0.944 bits per heavy atom. The Bertz CT molecular complexity index is 1410. The van der Waals surface area contributed by atoms with Gasteiger partial charge in [-0.1, -0.05) is 60.7 Å². The number of carbonyl (C=O) groups is 1. The number of benzene rings is 3. The van der Waals surface area contributed by atoms with Crippen molar-refractivity contribution >= 4 is 27.7 Å². The maximum absolute atomic E-state index is 13.8. The molecule has 7 heteroatoms. The van der Waals surface area contributed by atoms with Crippen molar-refractivity contribution in [2.45, 2.75) is 30.2 Å². The van der Waals surface area contributed by atoms with Crippen LogP contribution in [0.5, 0.6) is 0 Å². The zero-order valence-electron chi connectivity index (χ0n) is 20.4. The van der Waals surface area contributed by atoms with E-state index in [1.54, 1.807) is 17.1 Å². The van der Waals surface area contributed by atoms with Crippen LogP contribution in [-0.2, 0) is 10.0 Å². The van der Waals surface area contributed by atoms with Crippen molar-refractivity contribution in [3.05, 3.63) is 107 Å². The van der Waals surface area contributed by atoms with Gasteiger partial charge in [0.05, 0.1) is 16.6 Å². The summed E-state index contributed by atoms with van der Waals surface area (Å²) in [5.41, 5.74) is 4.71. The van der Waals surface area contributed by atoms with Crippen molar-refractivity contribution < 1.29 is 13.2 Å². The first-order chi connectivity index (χ1) is 17.4. The molecule has 3 aromatic carbocycles. The molecule has 0 unspecified atom stereocenters. The average molecular weight is 500 g/mol. The van der Waals surface area contributed by atoms with E-state index < -0.39 is 10.0 Å². The molecule has 1 aliphatic heterocycles. The standard InChI is InChI=1S/C29H29N3O3S/c1-31(2)36(34,35)25-18-16-23(17-19-25)29(33)32-28(22-12-7-4-8-13-22)26-15-9-14-24(27(26)30-32)20-21-10-5-3-6-11-21/h3-8,10-13,16-20,26,28H,9,14-15H2,1-2H3/b24-20-/t26-,28+/m1/s1. The number of allylic oxidation sites excluding steroid dienone is 1. The minimum absolute atomic E-state index is 0.105. The van der Waals surface area contributed by atoms with Crippen molar-refractivity contribution in [2.75, 3.05) is 14.1 Å². The molecule has 1 saturated carbocycles. The van der Waals surface area contributed by atoms with Crippen LogP contribution in [0.25, 0.3) is 6.08 Å². The van der Waals surface area contributed by atoms with Crippen LogP contribution in [0.4, 0.5) is 0 Å². The van der Waals surface area contributed by atoms with E-state index in [9.17, 15) is 13.2 Å². The molecule has 0 aromatic heterocycles. The van der Waals surface area contributed by atoms with Crippen LogP contribution in [0.2, 0.25) is 0 Å².